The predicted molar refractivity (Wildman–Crippen MR) is 154 cm³/mol. The SMILES string of the molecule is CCCCc1cn(-c2c(C)cccc2C(C)(C)C)c(=O)n1Cc1ccc(-c2ccccc2-c2nn[nH]n2)cn1. The second kappa shape index (κ2) is 10.8. The number of H-pyrrole nitrogens is 1. The third kappa shape index (κ3) is 5.32. The van der Waals surface area contributed by atoms with Gasteiger partial charge in [0.05, 0.1) is 17.9 Å². The van der Waals surface area contributed by atoms with Crippen LogP contribution in [-0.2, 0) is 18.4 Å². The summed E-state index contributed by atoms with van der Waals surface area (Å²) in [7, 11) is 0. The lowest BCUT2D eigenvalue weighted by atomic mass is 9.84. The van der Waals surface area contributed by atoms with Crippen LogP contribution in [0.1, 0.15) is 63.1 Å². The number of aromatic nitrogens is 7. The van der Waals surface area contributed by atoms with E-state index in [9.17, 15) is 4.79 Å². The summed E-state index contributed by atoms with van der Waals surface area (Å²) in [6.07, 6.45) is 6.80. The molecule has 0 amide bonds. The van der Waals surface area contributed by atoms with Gasteiger partial charge >= 0.3 is 5.69 Å². The zero-order valence-corrected chi connectivity index (χ0v) is 23.3. The summed E-state index contributed by atoms with van der Waals surface area (Å²) in [4.78, 5) is 18.7. The Labute approximate surface area is 228 Å². The zero-order chi connectivity index (χ0) is 27.6. The number of pyridine rings is 1. The van der Waals surface area contributed by atoms with Gasteiger partial charge in [-0.25, -0.2) is 4.79 Å². The highest BCUT2D eigenvalue weighted by molar-refractivity contribution is 5.79. The minimum atomic E-state index is -0.0956. The van der Waals surface area contributed by atoms with E-state index in [1.54, 1.807) is 0 Å². The lowest BCUT2D eigenvalue weighted by Gasteiger charge is -2.24. The molecule has 5 aromatic rings. The van der Waals surface area contributed by atoms with E-state index in [-0.39, 0.29) is 11.1 Å². The molecule has 8 heteroatoms. The molecule has 5 rings (SSSR count). The summed E-state index contributed by atoms with van der Waals surface area (Å²) >= 11 is 0. The molecule has 0 saturated heterocycles. The Morgan fingerprint density at radius 1 is 0.974 bits per heavy atom. The van der Waals surface area contributed by atoms with Gasteiger partial charge in [0.25, 0.3) is 0 Å². The van der Waals surface area contributed by atoms with E-state index in [4.69, 9.17) is 4.98 Å². The van der Waals surface area contributed by atoms with Gasteiger partial charge in [0, 0.05) is 29.2 Å². The number of benzene rings is 2. The number of aryl methyl sites for hydroxylation is 2. The van der Waals surface area contributed by atoms with Crippen molar-refractivity contribution in [3.63, 3.8) is 0 Å². The summed E-state index contributed by atoms with van der Waals surface area (Å²) in [5.41, 5.74) is 7.75. The number of rotatable bonds is 8. The first-order chi connectivity index (χ1) is 18.8. The molecule has 0 atom stereocenters. The highest BCUT2D eigenvalue weighted by atomic mass is 16.1. The van der Waals surface area contributed by atoms with Gasteiger partial charge in [0.1, 0.15) is 0 Å². The number of imidazole rings is 1. The van der Waals surface area contributed by atoms with Crippen LogP contribution in [0.3, 0.4) is 0 Å². The van der Waals surface area contributed by atoms with Crippen molar-refractivity contribution in [3.05, 3.63) is 100.0 Å². The Kier molecular flexibility index (Phi) is 7.28. The van der Waals surface area contributed by atoms with Gasteiger partial charge in [-0.15, -0.1) is 10.2 Å². The molecule has 3 aromatic heterocycles. The van der Waals surface area contributed by atoms with Crippen molar-refractivity contribution in [1.82, 2.24) is 34.7 Å². The average Bonchev–Trinajstić information content (AvgIpc) is 3.56. The molecule has 8 nitrogen and oxygen atoms in total. The first-order valence-electron chi connectivity index (χ1n) is 13.5. The molecule has 0 fully saturated rings. The number of hydrogen-bond acceptors (Lipinski definition) is 5. The van der Waals surface area contributed by atoms with Crippen LogP contribution in [-0.4, -0.2) is 34.7 Å². The van der Waals surface area contributed by atoms with E-state index in [2.05, 4.69) is 73.4 Å². The van der Waals surface area contributed by atoms with Crippen LogP contribution in [0.4, 0.5) is 0 Å². The maximum atomic E-state index is 13.9. The lowest BCUT2D eigenvalue weighted by molar-refractivity contribution is 0.583. The third-order valence-electron chi connectivity index (χ3n) is 7.10. The molecular weight excluding hydrogens is 486 g/mol. The topological polar surface area (TPSA) is 94.3 Å². The highest BCUT2D eigenvalue weighted by Crippen LogP contribution is 2.31. The number of nitrogens with one attached hydrogen (secondary N) is 1. The van der Waals surface area contributed by atoms with Crippen molar-refractivity contribution >= 4 is 0 Å². The number of para-hydroxylation sites is 1. The number of tetrazole rings is 1. The molecule has 0 aliphatic carbocycles. The van der Waals surface area contributed by atoms with E-state index in [1.807, 2.05) is 57.9 Å². The molecular formula is C31H35N7O. The van der Waals surface area contributed by atoms with E-state index >= 15 is 0 Å². The Bertz CT molecular complexity index is 1620. The molecule has 200 valence electrons. The van der Waals surface area contributed by atoms with Gasteiger partial charge in [-0.05, 0) is 53.2 Å². The number of nitrogens with zero attached hydrogens (tertiary/aromatic N) is 6. The van der Waals surface area contributed by atoms with Gasteiger partial charge in [-0.1, -0.05) is 82.6 Å². The monoisotopic (exact) mass is 521 g/mol. The normalized spacial score (nSPS) is 11.7. The Morgan fingerprint density at radius 2 is 1.77 bits per heavy atom. The Hall–Kier alpha value is -4.33. The summed E-state index contributed by atoms with van der Waals surface area (Å²) in [5.74, 6) is 0.536. The van der Waals surface area contributed by atoms with Crippen LogP contribution in [0.15, 0.2) is 71.8 Å². The first-order valence-corrected chi connectivity index (χ1v) is 13.5. The summed E-state index contributed by atoms with van der Waals surface area (Å²) in [5, 5.41) is 14.5. The summed E-state index contributed by atoms with van der Waals surface area (Å²) < 4.78 is 3.72. The lowest BCUT2D eigenvalue weighted by Crippen LogP contribution is -2.27. The molecule has 0 saturated carbocycles. The Balaban J connectivity index is 1.52. The third-order valence-corrected chi connectivity index (χ3v) is 7.10. The fourth-order valence-electron chi connectivity index (χ4n) is 5.04. The van der Waals surface area contributed by atoms with E-state index in [0.29, 0.717) is 12.4 Å². The smallest absolute Gasteiger partial charge is 0.290 e. The highest BCUT2D eigenvalue weighted by Gasteiger charge is 2.23. The number of aromatic amines is 1. The fourth-order valence-corrected chi connectivity index (χ4v) is 5.04. The van der Waals surface area contributed by atoms with Crippen molar-refractivity contribution < 1.29 is 0 Å². The second-order valence-corrected chi connectivity index (χ2v) is 11.0. The van der Waals surface area contributed by atoms with Gasteiger partial charge in [0.15, 0.2) is 0 Å². The predicted octanol–water partition coefficient (Wildman–Crippen LogP) is 5.88. The van der Waals surface area contributed by atoms with Crippen molar-refractivity contribution in [1.29, 1.82) is 0 Å². The van der Waals surface area contributed by atoms with Crippen LogP contribution < -0.4 is 5.69 Å². The fraction of sp³-hybridized carbons (Fsp3) is 0.323. The molecule has 0 bridgehead atoms. The molecule has 2 aromatic carbocycles. The summed E-state index contributed by atoms with van der Waals surface area (Å²) in [6.45, 7) is 11.2. The van der Waals surface area contributed by atoms with Crippen molar-refractivity contribution in [2.24, 2.45) is 0 Å². The van der Waals surface area contributed by atoms with Crippen LogP contribution in [0.2, 0.25) is 0 Å². The van der Waals surface area contributed by atoms with E-state index in [0.717, 1.165) is 64.2 Å². The number of unbranched alkanes of at least 4 members (excludes halogenated alkanes) is 1. The largest absolute Gasteiger partial charge is 0.333 e. The minimum absolute atomic E-state index is 0.0331. The van der Waals surface area contributed by atoms with Crippen LogP contribution in [0.5, 0.6) is 0 Å². The average molecular weight is 522 g/mol. The van der Waals surface area contributed by atoms with Crippen LogP contribution in [0, 0.1) is 6.92 Å². The standard InChI is InChI=1S/C31H35N7O/c1-6-7-12-24-20-38(28-21(2)11-10-15-27(28)31(3,4)5)30(39)37(24)19-23-17-16-22(18-32-23)25-13-8-9-14-26(25)29-33-35-36-34-29/h8-11,13-18,20H,6-7,12,19H2,1-5H3,(H,33,34,35,36). The van der Waals surface area contributed by atoms with Crippen LogP contribution in [0.25, 0.3) is 28.2 Å². The van der Waals surface area contributed by atoms with Gasteiger partial charge in [-0.3, -0.25) is 14.1 Å². The molecule has 0 radical (unpaired) electrons. The molecule has 0 spiro atoms. The molecule has 39 heavy (non-hydrogen) atoms. The maximum absolute atomic E-state index is 13.9. The van der Waals surface area contributed by atoms with Gasteiger partial charge in [-0.2, -0.15) is 5.21 Å². The van der Waals surface area contributed by atoms with Crippen molar-refractivity contribution in [2.75, 3.05) is 0 Å². The molecule has 0 aliphatic rings. The van der Waals surface area contributed by atoms with Gasteiger partial charge < -0.3 is 0 Å². The maximum Gasteiger partial charge on any atom is 0.333 e. The second-order valence-electron chi connectivity index (χ2n) is 11.0. The minimum Gasteiger partial charge on any atom is -0.290 e. The van der Waals surface area contributed by atoms with Gasteiger partial charge in [0.2, 0.25) is 5.82 Å². The van der Waals surface area contributed by atoms with E-state index < -0.39 is 0 Å². The number of hydrogen-bond donors (Lipinski definition) is 1. The quantitative estimate of drug-likeness (QED) is 0.275. The van der Waals surface area contributed by atoms with Crippen molar-refractivity contribution in [2.45, 2.75) is 65.8 Å². The summed E-state index contributed by atoms with van der Waals surface area (Å²) in [6, 6.07) is 18.2. The van der Waals surface area contributed by atoms with Crippen molar-refractivity contribution in [3.8, 4) is 28.2 Å². The first kappa shape index (κ1) is 26.3. The Morgan fingerprint density at radius 3 is 2.44 bits per heavy atom. The van der Waals surface area contributed by atoms with Crippen LogP contribution >= 0.6 is 0 Å². The zero-order valence-electron chi connectivity index (χ0n) is 23.3. The molecule has 1 N–H and O–H groups in total. The molecule has 0 aliphatic heterocycles. The van der Waals surface area contributed by atoms with E-state index in [1.165, 1.54) is 0 Å². The molecule has 3 heterocycles. The molecule has 0 unspecified atom stereocenters.